The average Bonchev–Trinajstić information content (AvgIpc) is 2.95. The number of H-pyrrole nitrogens is 1. The minimum Gasteiger partial charge on any atom is -0.477 e. The summed E-state index contributed by atoms with van der Waals surface area (Å²) in [5.74, 6) is 4.60. The average molecular weight is 255 g/mol. The maximum atomic E-state index is 11.2. The number of nitrogens with zero attached hydrogens (tertiary/aromatic N) is 1. The number of rotatable bonds is 3. The van der Waals surface area contributed by atoms with E-state index in [0.717, 1.165) is 21.1 Å². The van der Waals surface area contributed by atoms with Crippen LogP contribution in [0.1, 0.15) is 21.6 Å². The number of aromatic nitrogens is 2. The summed E-state index contributed by atoms with van der Waals surface area (Å²) < 4.78 is 1.15. The van der Waals surface area contributed by atoms with Gasteiger partial charge in [0.15, 0.2) is 5.69 Å². The molecule has 0 aliphatic heterocycles. The largest absolute Gasteiger partial charge is 0.477 e. The standard InChI is InChI=1S/C14H13N3O2/c15-17-6-5-9(13(17)14(18)19)7-10-8-16-12-4-2-1-3-11(10)12/h1-6,8,16H,7,15H2,(H,18,19). The molecule has 96 valence electrons. The Bertz CT molecular complexity index is 755. The molecule has 4 N–H and O–H groups in total. The van der Waals surface area contributed by atoms with Gasteiger partial charge in [-0.2, -0.15) is 0 Å². The Balaban J connectivity index is 2.04. The number of carboxylic acids is 1. The number of nitrogen functional groups attached to an aromatic ring is 1. The molecule has 5 heteroatoms. The minimum atomic E-state index is -1.01. The summed E-state index contributed by atoms with van der Waals surface area (Å²) in [6.45, 7) is 0. The maximum Gasteiger partial charge on any atom is 0.354 e. The van der Waals surface area contributed by atoms with Crippen LogP contribution in [0.4, 0.5) is 0 Å². The van der Waals surface area contributed by atoms with Crippen LogP contribution in [0, 0.1) is 0 Å². The number of benzene rings is 1. The molecule has 0 saturated heterocycles. The predicted molar refractivity (Wildman–Crippen MR) is 72.6 cm³/mol. The monoisotopic (exact) mass is 255 g/mol. The van der Waals surface area contributed by atoms with E-state index in [2.05, 4.69) is 4.98 Å². The smallest absolute Gasteiger partial charge is 0.354 e. The Kier molecular flexibility index (Phi) is 2.52. The molecule has 2 heterocycles. The predicted octanol–water partition coefficient (Wildman–Crippen LogP) is 1.97. The van der Waals surface area contributed by atoms with E-state index in [-0.39, 0.29) is 5.69 Å². The van der Waals surface area contributed by atoms with Crippen molar-refractivity contribution in [2.75, 3.05) is 5.84 Å². The first-order valence-electron chi connectivity index (χ1n) is 5.90. The molecule has 0 saturated carbocycles. The normalized spacial score (nSPS) is 10.9. The number of hydrogen-bond acceptors (Lipinski definition) is 2. The van der Waals surface area contributed by atoms with Crippen molar-refractivity contribution in [1.82, 2.24) is 9.66 Å². The lowest BCUT2D eigenvalue weighted by molar-refractivity contribution is 0.0686. The number of hydrogen-bond donors (Lipinski definition) is 3. The van der Waals surface area contributed by atoms with Crippen LogP contribution in [-0.4, -0.2) is 20.7 Å². The van der Waals surface area contributed by atoms with Gasteiger partial charge in [0.2, 0.25) is 0 Å². The number of aromatic carboxylic acids is 1. The Hall–Kier alpha value is -2.69. The van der Waals surface area contributed by atoms with Gasteiger partial charge < -0.3 is 15.9 Å². The fraction of sp³-hybridized carbons (Fsp3) is 0.0714. The molecule has 2 aromatic heterocycles. The summed E-state index contributed by atoms with van der Waals surface area (Å²) in [5.41, 5.74) is 2.94. The molecule has 0 atom stereocenters. The van der Waals surface area contributed by atoms with Crippen molar-refractivity contribution in [2.24, 2.45) is 0 Å². The van der Waals surface area contributed by atoms with E-state index in [0.29, 0.717) is 12.0 Å². The van der Waals surface area contributed by atoms with E-state index in [4.69, 9.17) is 10.9 Å². The van der Waals surface area contributed by atoms with Crippen LogP contribution in [0.3, 0.4) is 0 Å². The highest BCUT2D eigenvalue weighted by Gasteiger charge is 2.16. The van der Waals surface area contributed by atoms with E-state index in [9.17, 15) is 4.79 Å². The Morgan fingerprint density at radius 1 is 1.26 bits per heavy atom. The van der Waals surface area contributed by atoms with Gasteiger partial charge in [-0.25, -0.2) is 4.79 Å². The Labute approximate surface area is 109 Å². The number of nitrogens with two attached hydrogens (primary N) is 1. The molecule has 0 aliphatic rings. The van der Waals surface area contributed by atoms with Crippen molar-refractivity contribution in [3.8, 4) is 0 Å². The van der Waals surface area contributed by atoms with Crippen molar-refractivity contribution in [2.45, 2.75) is 6.42 Å². The van der Waals surface area contributed by atoms with Crippen LogP contribution in [-0.2, 0) is 6.42 Å². The van der Waals surface area contributed by atoms with Gasteiger partial charge in [-0.3, -0.25) is 4.68 Å². The lowest BCUT2D eigenvalue weighted by atomic mass is 10.0. The van der Waals surface area contributed by atoms with Gasteiger partial charge in [-0.15, -0.1) is 0 Å². The van der Waals surface area contributed by atoms with Crippen LogP contribution in [0.5, 0.6) is 0 Å². The zero-order chi connectivity index (χ0) is 13.4. The summed E-state index contributed by atoms with van der Waals surface area (Å²) in [6.07, 6.45) is 4.01. The van der Waals surface area contributed by atoms with Gasteiger partial charge in [-0.05, 0) is 23.3 Å². The van der Waals surface area contributed by atoms with Crippen molar-refractivity contribution >= 4 is 16.9 Å². The maximum absolute atomic E-state index is 11.2. The summed E-state index contributed by atoms with van der Waals surface area (Å²) in [5, 5.41) is 10.3. The third-order valence-corrected chi connectivity index (χ3v) is 3.26. The SMILES string of the molecule is Nn1ccc(Cc2c[nH]c3ccccc23)c1C(=O)O. The second-order valence-corrected chi connectivity index (χ2v) is 4.44. The molecule has 0 amide bonds. The lowest BCUT2D eigenvalue weighted by Gasteiger charge is -2.02. The molecule has 3 rings (SSSR count). The van der Waals surface area contributed by atoms with Gasteiger partial charge in [0.1, 0.15) is 0 Å². The summed E-state index contributed by atoms with van der Waals surface area (Å²) in [7, 11) is 0. The van der Waals surface area contributed by atoms with Crippen LogP contribution in [0.25, 0.3) is 10.9 Å². The van der Waals surface area contributed by atoms with Crippen LogP contribution in [0.15, 0.2) is 42.7 Å². The highest BCUT2D eigenvalue weighted by molar-refractivity contribution is 5.89. The van der Waals surface area contributed by atoms with E-state index >= 15 is 0 Å². The minimum absolute atomic E-state index is 0.130. The Morgan fingerprint density at radius 3 is 2.84 bits per heavy atom. The van der Waals surface area contributed by atoms with Crippen molar-refractivity contribution in [3.05, 3.63) is 59.5 Å². The molecule has 1 aromatic carbocycles. The summed E-state index contributed by atoms with van der Waals surface area (Å²) in [4.78, 5) is 14.4. The number of carboxylic acid groups (broad SMARTS) is 1. The molecule has 0 spiro atoms. The van der Waals surface area contributed by atoms with E-state index in [1.54, 1.807) is 12.3 Å². The first kappa shape index (κ1) is 11.4. The number of fused-ring (bicyclic) bond motifs is 1. The lowest BCUT2D eigenvalue weighted by Crippen LogP contribution is -2.16. The van der Waals surface area contributed by atoms with Crippen molar-refractivity contribution in [1.29, 1.82) is 0 Å². The first-order chi connectivity index (χ1) is 9.16. The van der Waals surface area contributed by atoms with E-state index < -0.39 is 5.97 Å². The second-order valence-electron chi connectivity index (χ2n) is 4.44. The van der Waals surface area contributed by atoms with Gasteiger partial charge in [-0.1, -0.05) is 18.2 Å². The highest BCUT2D eigenvalue weighted by Crippen LogP contribution is 2.22. The van der Waals surface area contributed by atoms with Crippen molar-refractivity contribution < 1.29 is 9.90 Å². The number of aromatic amines is 1. The van der Waals surface area contributed by atoms with Crippen LogP contribution in [0.2, 0.25) is 0 Å². The van der Waals surface area contributed by atoms with E-state index in [1.807, 2.05) is 30.5 Å². The molecule has 5 nitrogen and oxygen atoms in total. The molecule has 0 radical (unpaired) electrons. The molecular formula is C14H13N3O2. The quantitative estimate of drug-likeness (QED) is 0.625. The molecule has 0 fully saturated rings. The summed E-state index contributed by atoms with van der Waals surface area (Å²) in [6, 6.07) is 9.67. The second kappa shape index (κ2) is 4.20. The zero-order valence-electron chi connectivity index (χ0n) is 10.1. The fourth-order valence-corrected chi connectivity index (χ4v) is 2.36. The van der Waals surface area contributed by atoms with Gasteiger partial charge >= 0.3 is 5.97 Å². The summed E-state index contributed by atoms with van der Waals surface area (Å²) >= 11 is 0. The number of carbonyl (C=O) groups is 1. The zero-order valence-corrected chi connectivity index (χ0v) is 10.1. The van der Waals surface area contributed by atoms with Crippen molar-refractivity contribution in [3.63, 3.8) is 0 Å². The van der Waals surface area contributed by atoms with Gasteiger partial charge in [0.25, 0.3) is 0 Å². The molecule has 0 unspecified atom stereocenters. The number of para-hydroxylation sites is 1. The molecule has 0 bridgehead atoms. The third kappa shape index (κ3) is 1.85. The van der Waals surface area contributed by atoms with E-state index in [1.165, 1.54) is 0 Å². The fourth-order valence-electron chi connectivity index (χ4n) is 2.36. The molecule has 0 aliphatic carbocycles. The van der Waals surface area contributed by atoms with Gasteiger partial charge in [0, 0.05) is 29.7 Å². The molecular weight excluding hydrogens is 242 g/mol. The van der Waals surface area contributed by atoms with Gasteiger partial charge in [0.05, 0.1) is 0 Å². The van der Waals surface area contributed by atoms with Crippen LogP contribution >= 0.6 is 0 Å². The molecule has 19 heavy (non-hydrogen) atoms. The topological polar surface area (TPSA) is 84.0 Å². The van der Waals surface area contributed by atoms with Crippen LogP contribution < -0.4 is 5.84 Å². The first-order valence-corrected chi connectivity index (χ1v) is 5.90. The Morgan fingerprint density at radius 2 is 2.05 bits per heavy atom. The third-order valence-electron chi connectivity index (χ3n) is 3.26. The molecule has 3 aromatic rings. The highest BCUT2D eigenvalue weighted by atomic mass is 16.4. The number of nitrogens with one attached hydrogen (secondary N) is 1.